The molecule has 172 valence electrons. The van der Waals surface area contributed by atoms with Gasteiger partial charge in [-0.25, -0.2) is 9.78 Å². The van der Waals surface area contributed by atoms with Crippen LogP contribution in [0.15, 0.2) is 42.6 Å². The number of anilines is 1. The fourth-order valence-corrected chi connectivity index (χ4v) is 3.39. The van der Waals surface area contributed by atoms with Crippen LogP contribution in [0.3, 0.4) is 0 Å². The van der Waals surface area contributed by atoms with Crippen LogP contribution in [-0.2, 0) is 9.53 Å². The predicted octanol–water partition coefficient (Wildman–Crippen LogP) is 3.16. The van der Waals surface area contributed by atoms with E-state index < -0.39 is 0 Å². The molecule has 0 saturated carbocycles. The Morgan fingerprint density at radius 1 is 0.938 bits per heavy atom. The van der Waals surface area contributed by atoms with Gasteiger partial charge in [0.2, 0.25) is 0 Å². The molecule has 32 heavy (non-hydrogen) atoms. The quantitative estimate of drug-likeness (QED) is 0.553. The molecule has 0 atom stereocenters. The van der Waals surface area contributed by atoms with Gasteiger partial charge in [-0.05, 0) is 56.2 Å². The molecule has 1 aliphatic heterocycles. The van der Waals surface area contributed by atoms with E-state index in [-0.39, 0.29) is 18.5 Å². The zero-order chi connectivity index (χ0) is 22.8. The summed E-state index contributed by atoms with van der Waals surface area (Å²) in [4.78, 5) is 32.8. The number of rotatable bonds is 9. The Kier molecular flexibility index (Phi) is 8.71. The van der Waals surface area contributed by atoms with Crippen molar-refractivity contribution in [1.29, 1.82) is 0 Å². The Morgan fingerprint density at radius 3 is 2.34 bits per heavy atom. The number of aromatic nitrogens is 1. The van der Waals surface area contributed by atoms with Gasteiger partial charge in [0.25, 0.3) is 5.91 Å². The molecular weight excluding hydrogens is 410 g/mol. The van der Waals surface area contributed by atoms with Crippen molar-refractivity contribution in [2.75, 3.05) is 50.9 Å². The Hall–Kier alpha value is -3.29. The molecule has 1 aromatic carbocycles. The summed E-state index contributed by atoms with van der Waals surface area (Å²) in [7, 11) is 0. The summed E-state index contributed by atoms with van der Waals surface area (Å²) in [6.45, 7) is 7.56. The van der Waals surface area contributed by atoms with Crippen LogP contribution in [0, 0.1) is 0 Å². The van der Waals surface area contributed by atoms with Gasteiger partial charge < -0.3 is 24.0 Å². The number of ether oxygens (including phenoxy) is 3. The number of amides is 1. The second-order valence-electron chi connectivity index (χ2n) is 7.46. The van der Waals surface area contributed by atoms with Crippen LogP contribution < -0.4 is 14.4 Å². The number of carbonyl (C=O) groups is 2. The van der Waals surface area contributed by atoms with Gasteiger partial charge in [-0.15, -0.1) is 0 Å². The van der Waals surface area contributed by atoms with Gasteiger partial charge in [0, 0.05) is 32.4 Å². The highest BCUT2D eigenvalue weighted by Crippen LogP contribution is 2.18. The standard InChI is InChI=1S/C24H31N3O5/c1-3-16-31-20-7-9-21(10-8-20)32-18-23(28)27-13-5-12-26(14-15-27)22-11-6-19(17-25-22)24(29)30-4-2/h6-11,17H,3-5,12-16,18H2,1-2H3. The van der Waals surface area contributed by atoms with Gasteiger partial charge in [-0.3, -0.25) is 4.79 Å². The summed E-state index contributed by atoms with van der Waals surface area (Å²) in [6.07, 6.45) is 3.32. The van der Waals surface area contributed by atoms with E-state index >= 15 is 0 Å². The Bertz CT molecular complexity index is 870. The maximum atomic E-state index is 12.6. The molecular formula is C24H31N3O5. The SMILES string of the molecule is CCCOc1ccc(OCC(=O)N2CCCN(c3ccc(C(=O)OCC)cn3)CC2)cc1. The summed E-state index contributed by atoms with van der Waals surface area (Å²) >= 11 is 0. The van der Waals surface area contributed by atoms with E-state index in [0.717, 1.165) is 31.0 Å². The largest absolute Gasteiger partial charge is 0.494 e. The molecule has 2 heterocycles. The minimum atomic E-state index is -0.373. The fourth-order valence-electron chi connectivity index (χ4n) is 3.39. The number of hydrogen-bond acceptors (Lipinski definition) is 7. The van der Waals surface area contributed by atoms with Crippen molar-refractivity contribution in [1.82, 2.24) is 9.88 Å². The summed E-state index contributed by atoms with van der Waals surface area (Å²) in [5.74, 6) is 1.81. The Balaban J connectivity index is 1.48. The van der Waals surface area contributed by atoms with Gasteiger partial charge in [-0.1, -0.05) is 6.92 Å². The van der Waals surface area contributed by atoms with E-state index in [1.54, 1.807) is 13.0 Å². The van der Waals surface area contributed by atoms with E-state index in [0.29, 0.717) is 44.2 Å². The molecule has 3 rings (SSSR count). The summed E-state index contributed by atoms with van der Waals surface area (Å²) in [5.41, 5.74) is 0.435. The number of nitrogens with zero attached hydrogens (tertiary/aromatic N) is 3. The molecule has 0 aliphatic carbocycles. The number of carbonyl (C=O) groups excluding carboxylic acids is 2. The van der Waals surface area contributed by atoms with Crippen molar-refractivity contribution < 1.29 is 23.8 Å². The molecule has 1 saturated heterocycles. The molecule has 1 fully saturated rings. The molecule has 2 aromatic rings. The number of pyridine rings is 1. The smallest absolute Gasteiger partial charge is 0.339 e. The van der Waals surface area contributed by atoms with Crippen LogP contribution in [0.2, 0.25) is 0 Å². The maximum absolute atomic E-state index is 12.6. The number of benzene rings is 1. The highest BCUT2D eigenvalue weighted by molar-refractivity contribution is 5.89. The number of hydrogen-bond donors (Lipinski definition) is 0. The minimum absolute atomic E-state index is 0.00164. The molecule has 8 nitrogen and oxygen atoms in total. The van der Waals surface area contributed by atoms with Gasteiger partial charge >= 0.3 is 5.97 Å². The van der Waals surface area contributed by atoms with E-state index in [1.807, 2.05) is 35.2 Å². The fraction of sp³-hybridized carbons (Fsp3) is 0.458. The first-order chi connectivity index (χ1) is 15.6. The van der Waals surface area contributed by atoms with Crippen LogP contribution in [0.1, 0.15) is 37.0 Å². The highest BCUT2D eigenvalue weighted by Gasteiger charge is 2.20. The summed E-state index contributed by atoms with van der Waals surface area (Å²) < 4.78 is 16.2. The van der Waals surface area contributed by atoms with Crippen LogP contribution in [0.4, 0.5) is 5.82 Å². The van der Waals surface area contributed by atoms with Crippen molar-refractivity contribution in [3.63, 3.8) is 0 Å². The van der Waals surface area contributed by atoms with E-state index in [2.05, 4.69) is 16.8 Å². The Labute approximate surface area is 189 Å². The van der Waals surface area contributed by atoms with Gasteiger partial charge in [0.05, 0.1) is 18.8 Å². The average Bonchev–Trinajstić information content (AvgIpc) is 3.08. The second kappa shape index (κ2) is 11.9. The first-order valence-electron chi connectivity index (χ1n) is 11.1. The molecule has 1 aromatic heterocycles. The zero-order valence-corrected chi connectivity index (χ0v) is 18.8. The molecule has 0 bridgehead atoms. The first-order valence-corrected chi connectivity index (χ1v) is 11.1. The third-order valence-electron chi connectivity index (χ3n) is 5.09. The van der Waals surface area contributed by atoms with Crippen LogP contribution in [0.5, 0.6) is 11.5 Å². The van der Waals surface area contributed by atoms with E-state index in [9.17, 15) is 9.59 Å². The molecule has 0 radical (unpaired) electrons. The van der Waals surface area contributed by atoms with Crippen LogP contribution in [-0.4, -0.2) is 67.8 Å². The highest BCUT2D eigenvalue weighted by atomic mass is 16.5. The zero-order valence-electron chi connectivity index (χ0n) is 18.8. The lowest BCUT2D eigenvalue weighted by atomic mass is 10.2. The monoisotopic (exact) mass is 441 g/mol. The normalized spacial score (nSPS) is 13.9. The topological polar surface area (TPSA) is 81.2 Å². The van der Waals surface area contributed by atoms with Gasteiger partial charge in [0.15, 0.2) is 6.61 Å². The van der Waals surface area contributed by atoms with E-state index in [4.69, 9.17) is 14.2 Å². The molecule has 1 amide bonds. The van der Waals surface area contributed by atoms with E-state index in [1.165, 1.54) is 6.20 Å². The third-order valence-corrected chi connectivity index (χ3v) is 5.09. The molecule has 0 N–H and O–H groups in total. The van der Waals surface area contributed by atoms with Crippen LogP contribution >= 0.6 is 0 Å². The molecule has 8 heteroatoms. The minimum Gasteiger partial charge on any atom is -0.494 e. The maximum Gasteiger partial charge on any atom is 0.339 e. The molecule has 0 unspecified atom stereocenters. The van der Waals surface area contributed by atoms with Crippen molar-refractivity contribution in [2.24, 2.45) is 0 Å². The third kappa shape index (κ3) is 6.60. The van der Waals surface area contributed by atoms with Crippen molar-refractivity contribution in [3.05, 3.63) is 48.2 Å². The molecule has 0 spiro atoms. The van der Waals surface area contributed by atoms with Gasteiger partial charge in [-0.2, -0.15) is 0 Å². The van der Waals surface area contributed by atoms with Crippen molar-refractivity contribution >= 4 is 17.7 Å². The summed E-state index contributed by atoms with van der Waals surface area (Å²) in [6, 6.07) is 10.9. The molecule has 1 aliphatic rings. The lowest BCUT2D eigenvalue weighted by Gasteiger charge is -2.23. The van der Waals surface area contributed by atoms with Crippen LogP contribution in [0.25, 0.3) is 0 Å². The lowest BCUT2D eigenvalue weighted by molar-refractivity contribution is -0.133. The van der Waals surface area contributed by atoms with Crippen molar-refractivity contribution in [3.8, 4) is 11.5 Å². The first kappa shape index (κ1) is 23.4. The lowest BCUT2D eigenvalue weighted by Crippen LogP contribution is -2.38. The predicted molar refractivity (Wildman–Crippen MR) is 121 cm³/mol. The summed E-state index contributed by atoms with van der Waals surface area (Å²) in [5, 5.41) is 0. The average molecular weight is 442 g/mol. The number of esters is 1. The van der Waals surface area contributed by atoms with Gasteiger partial charge in [0.1, 0.15) is 17.3 Å². The Morgan fingerprint density at radius 2 is 1.69 bits per heavy atom. The van der Waals surface area contributed by atoms with Crippen molar-refractivity contribution in [2.45, 2.75) is 26.7 Å². The second-order valence-corrected chi connectivity index (χ2v) is 7.46.